The van der Waals surface area contributed by atoms with E-state index in [4.69, 9.17) is 4.42 Å². The lowest BCUT2D eigenvalue weighted by Gasteiger charge is -2.10. The molecule has 0 aliphatic carbocycles. The third kappa shape index (κ3) is 5.88. The first kappa shape index (κ1) is 22.4. The Kier molecular flexibility index (Phi) is 6.12. The Morgan fingerprint density at radius 2 is 1.81 bits per heavy atom. The maximum absolute atomic E-state index is 12.9. The van der Waals surface area contributed by atoms with Crippen LogP contribution in [0.25, 0.3) is 11.3 Å². The minimum Gasteiger partial charge on any atom is -0.451 e. The van der Waals surface area contributed by atoms with Crippen LogP contribution in [-0.2, 0) is 22.7 Å². The largest absolute Gasteiger partial charge is 0.451 e. The Morgan fingerprint density at radius 1 is 1.06 bits per heavy atom. The fourth-order valence-corrected chi connectivity index (χ4v) is 3.51. The number of carbonyl (C=O) groups is 1. The molecule has 3 aromatic rings. The molecule has 164 valence electrons. The highest BCUT2D eigenvalue weighted by Crippen LogP contribution is 2.32. The molecule has 2 aromatic carbocycles. The summed E-state index contributed by atoms with van der Waals surface area (Å²) in [7, 11) is -3.40. The summed E-state index contributed by atoms with van der Waals surface area (Å²) in [6.07, 6.45) is -3.43. The molecule has 0 aliphatic rings. The van der Waals surface area contributed by atoms with Crippen LogP contribution in [0.2, 0.25) is 0 Å². The summed E-state index contributed by atoms with van der Waals surface area (Å²) in [5, 5.41) is 2.66. The molecule has 31 heavy (non-hydrogen) atoms. The van der Waals surface area contributed by atoms with Crippen LogP contribution in [0.5, 0.6) is 0 Å². The van der Waals surface area contributed by atoms with E-state index in [2.05, 4.69) is 10.0 Å². The van der Waals surface area contributed by atoms with E-state index in [1.54, 1.807) is 25.1 Å². The second-order valence-electron chi connectivity index (χ2n) is 6.95. The molecular weight excluding hydrogens is 433 g/mol. The van der Waals surface area contributed by atoms with Crippen molar-refractivity contribution in [3.8, 4) is 11.3 Å². The molecule has 6 nitrogen and oxygen atoms in total. The first-order valence-electron chi connectivity index (χ1n) is 9.05. The topological polar surface area (TPSA) is 88.4 Å². The minimum atomic E-state index is -4.48. The van der Waals surface area contributed by atoms with E-state index in [1.165, 1.54) is 24.3 Å². The van der Waals surface area contributed by atoms with E-state index in [1.807, 2.05) is 0 Å². The van der Waals surface area contributed by atoms with Gasteiger partial charge in [0.25, 0.3) is 5.91 Å². The highest BCUT2D eigenvalue weighted by molar-refractivity contribution is 7.92. The molecule has 0 bridgehead atoms. The zero-order chi connectivity index (χ0) is 22.8. The Morgan fingerprint density at radius 3 is 2.45 bits per heavy atom. The van der Waals surface area contributed by atoms with Gasteiger partial charge in [-0.05, 0) is 48.4 Å². The van der Waals surface area contributed by atoms with Gasteiger partial charge in [-0.2, -0.15) is 13.2 Å². The van der Waals surface area contributed by atoms with Crippen molar-refractivity contribution >= 4 is 21.6 Å². The summed E-state index contributed by atoms with van der Waals surface area (Å²) >= 11 is 0. The van der Waals surface area contributed by atoms with E-state index in [-0.39, 0.29) is 23.6 Å². The lowest BCUT2D eigenvalue weighted by molar-refractivity contribution is -0.137. The number of carbonyl (C=O) groups excluding carboxylic acids is 1. The van der Waals surface area contributed by atoms with Crippen LogP contribution in [0, 0.1) is 6.92 Å². The normalized spacial score (nSPS) is 11.9. The second kappa shape index (κ2) is 8.46. The molecule has 1 amide bonds. The van der Waals surface area contributed by atoms with Gasteiger partial charge in [0.1, 0.15) is 5.76 Å². The van der Waals surface area contributed by atoms with Crippen molar-refractivity contribution in [3.63, 3.8) is 0 Å². The quantitative estimate of drug-likeness (QED) is 0.573. The maximum atomic E-state index is 12.9. The lowest BCUT2D eigenvalue weighted by atomic mass is 10.1. The van der Waals surface area contributed by atoms with Gasteiger partial charge in [0, 0.05) is 12.1 Å². The fourth-order valence-electron chi connectivity index (χ4n) is 2.88. The number of hydrogen-bond acceptors (Lipinski definition) is 4. The summed E-state index contributed by atoms with van der Waals surface area (Å²) in [6, 6.07) is 12.4. The summed E-state index contributed by atoms with van der Waals surface area (Å²) in [5.41, 5.74) is 1.25. The Labute approximate surface area is 177 Å². The van der Waals surface area contributed by atoms with Crippen LogP contribution in [0.1, 0.15) is 27.2 Å². The molecule has 0 aliphatic heterocycles. The van der Waals surface area contributed by atoms with Gasteiger partial charge in [-0.1, -0.05) is 24.3 Å². The molecule has 10 heteroatoms. The number of rotatable bonds is 6. The summed E-state index contributed by atoms with van der Waals surface area (Å²) in [4.78, 5) is 12.4. The molecular formula is C21H19F3N2O4S. The SMILES string of the molecule is Cc1cc(CNC(=O)c2ccc(-c3cccc(C(F)(F)F)c3)o2)ccc1NS(C)(=O)=O. The van der Waals surface area contributed by atoms with Gasteiger partial charge in [-0.25, -0.2) is 8.42 Å². The number of benzene rings is 2. The van der Waals surface area contributed by atoms with Crippen LogP contribution < -0.4 is 10.0 Å². The number of sulfonamides is 1. The van der Waals surface area contributed by atoms with Crippen LogP contribution in [0.3, 0.4) is 0 Å². The van der Waals surface area contributed by atoms with Gasteiger partial charge in [-0.15, -0.1) is 0 Å². The van der Waals surface area contributed by atoms with Crippen LogP contribution in [0.15, 0.2) is 59.0 Å². The van der Waals surface area contributed by atoms with Gasteiger partial charge in [0.15, 0.2) is 5.76 Å². The smallest absolute Gasteiger partial charge is 0.416 e. The molecule has 0 spiro atoms. The average Bonchev–Trinajstić information content (AvgIpc) is 3.17. The lowest BCUT2D eigenvalue weighted by Crippen LogP contribution is -2.22. The van der Waals surface area contributed by atoms with Crippen molar-refractivity contribution < 1.29 is 30.8 Å². The number of amides is 1. The van der Waals surface area contributed by atoms with E-state index in [0.717, 1.165) is 24.0 Å². The Bertz CT molecular complexity index is 1220. The molecule has 3 rings (SSSR count). The molecule has 2 N–H and O–H groups in total. The first-order valence-corrected chi connectivity index (χ1v) is 10.9. The Hall–Kier alpha value is -3.27. The van der Waals surface area contributed by atoms with Crippen LogP contribution in [0.4, 0.5) is 18.9 Å². The van der Waals surface area contributed by atoms with Crippen molar-refractivity contribution in [1.82, 2.24) is 5.32 Å². The van der Waals surface area contributed by atoms with E-state index >= 15 is 0 Å². The number of alkyl halides is 3. The summed E-state index contributed by atoms with van der Waals surface area (Å²) in [6.45, 7) is 1.88. The average molecular weight is 452 g/mol. The third-order valence-corrected chi connectivity index (χ3v) is 4.93. The molecule has 0 atom stereocenters. The number of halogens is 3. The van der Waals surface area contributed by atoms with Crippen molar-refractivity contribution in [2.24, 2.45) is 0 Å². The molecule has 0 saturated heterocycles. The zero-order valence-electron chi connectivity index (χ0n) is 16.6. The standard InChI is InChI=1S/C21H19F3N2O4S/c1-13-10-14(6-7-17(13)26-31(2,28)29)12-25-20(27)19-9-8-18(30-19)15-4-3-5-16(11-15)21(22,23)24/h3-11,26H,12H2,1-2H3,(H,25,27). The van der Waals surface area contributed by atoms with E-state index in [0.29, 0.717) is 11.3 Å². The van der Waals surface area contributed by atoms with E-state index < -0.39 is 27.7 Å². The summed E-state index contributed by atoms with van der Waals surface area (Å²) in [5.74, 6) is -0.433. The van der Waals surface area contributed by atoms with Gasteiger partial charge in [-0.3, -0.25) is 9.52 Å². The highest BCUT2D eigenvalue weighted by Gasteiger charge is 2.30. The molecule has 0 fully saturated rings. The molecule has 1 aromatic heterocycles. The van der Waals surface area contributed by atoms with Gasteiger partial charge in [0.05, 0.1) is 17.5 Å². The van der Waals surface area contributed by atoms with E-state index in [9.17, 15) is 26.4 Å². The second-order valence-corrected chi connectivity index (χ2v) is 8.70. The zero-order valence-corrected chi connectivity index (χ0v) is 17.4. The van der Waals surface area contributed by atoms with Crippen molar-refractivity contribution in [3.05, 3.63) is 77.0 Å². The number of nitrogens with one attached hydrogen (secondary N) is 2. The predicted octanol–water partition coefficient (Wildman–Crippen LogP) is 4.58. The monoisotopic (exact) mass is 452 g/mol. The van der Waals surface area contributed by atoms with Crippen molar-refractivity contribution in [2.75, 3.05) is 11.0 Å². The molecule has 0 saturated carbocycles. The molecule has 1 heterocycles. The Balaban J connectivity index is 1.68. The number of aryl methyl sites for hydroxylation is 1. The number of furan rings is 1. The van der Waals surface area contributed by atoms with Gasteiger partial charge >= 0.3 is 6.18 Å². The minimum absolute atomic E-state index is 0.0421. The first-order chi connectivity index (χ1) is 14.4. The van der Waals surface area contributed by atoms with Gasteiger partial charge < -0.3 is 9.73 Å². The predicted molar refractivity (Wildman–Crippen MR) is 110 cm³/mol. The third-order valence-electron chi connectivity index (χ3n) is 4.34. The maximum Gasteiger partial charge on any atom is 0.416 e. The fraction of sp³-hybridized carbons (Fsp3) is 0.190. The van der Waals surface area contributed by atoms with Crippen molar-refractivity contribution in [2.45, 2.75) is 19.6 Å². The highest BCUT2D eigenvalue weighted by atomic mass is 32.2. The van der Waals surface area contributed by atoms with Crippen LogP contribution in [-0.4, -0.2) is 20.6 Å². The van der Waals surface area contributed by atoms with Crippen LogP contribution >= 0.6 is 0 Å². The van der Waals surface area contributed by atoms with Gasteiger partial charge in [0.2, 0.25) is 10.0 Å². The molecule has 0 radical (unpaired) electrons. The number of anilines is 1. The molecule has 0 unspecified atom stereocenters. The summed E-state index contributed by atoms with van der Waals surface area (Å²) < 4.78 is 69.2. The van der Waals surface area contributed by atoms with Crippen molar-refractivity contribution in [1.29, 1.82) is 0 Å². The number of hydrogen-bond donors (Lipinski definition) is 2.